The summed E-state index contributed by atoms with van der Waals surface area (Å²) >= 11 is 0. The second-order valence-electron chi connectivity index (χ2n) is 6.46. The summed E-state index contributed by atoms with van der Waals surface area (Å²) in [7, 11) is 3.32. The number of piperidine rings is 1. The number of carbonyl (C=O) groups is 1. The van der Waals surface area contributed by atoms with Gasteiger partial charge >= 0.3 is 0 Å². The van der Waals surface area contributed by atoms with Gasteiger partial charge in [-0.15, -0.1) is 0 Å². The highest BCUT2D eigenvalue weighted by Crippen LogP contribution is 2.35. The molecule has 0 bridgehead atoms. The Bertz CT molecular complexity index is 749. The van der Waals surface area contributed by atoms with Gasteiger partial charge in [-0.05, 0) is 48.9 Å². The number of methoxy groups -OCH3 is 2. The van der Waals surface area contributed by atoms with Crippen LogP contribution in [0.3, 0.4) is 0 Å². The highest BCUT2D eigenvalue weighted by Gasteiger charge is 2.28. The number of para-hydroxylation sites is 1. The average Bonchev–Trinajstić information content (AvgIpc) is 2.67. The van der Waals surface area contributed by atoms with E-state index in [0.717, 1.165) is 37.2 Å². The first-order valence-corrected chi connectivity index (χ1v) is 8.71. The van der Waals surface area contributed by atoms with Crippen LogP contribution in [0.15, 0.2) is 42.5 Å². The number of hydrogen-bond donors (Lipinski definition) is 0. The van der Waals surface area contributed by atoms with Crippen LogP contribution >= 0.6 is 0 Å². The monoisotopic (exact) mass is 339 g/mol. The zero-order valence-corrected chi connectivity index (χ0v) is 15.1. The molecule has 0 spiro atoms. The molecule has 1 aliphatic heterocycles. The number of hydrogen-bond acceptors (Lipinski definition) is 3. The Morgan fingerprint density at radius 2 is 1.60 bits per heavy atom. The third kappa shape index (κ3) is 3.48. The van der Waals surface area contributed by atoms with Gasteiger partial charge in [0.15, 0.2) is 0 Å². The Labute approximate surface area is 149 Å². The van der Waals surface area contributed by atoms with E-state index in [1.54, 1.807) is 14.2 Å². The molecule has 4 nitrogen and oxygen atoms in total. The minimum Gasteiger partial charge on any atom is -0.496 e. The van der Waals surface area contributed by atoms with Crippen molar-refractivity contribution in [2.75, 3.05) is 27.3 Å². The van der Waals surface area contributed by atoms with Crippen molar-refractivity contribution in [2.45, 2.75) is 25.7 Å². The predicted molar refractivity (Wildman–Crippen MR) is 98.6 cm³/mol. The maximum atomic E-state index is 13.0. The molecule has 1 saturated heterocycles. The Kier molecular flexibility index (Phi) is 5.27. The van der Waals surface area contributed by atoms with Crippen LogP contribution < -0.4 is 9.47 Å². The standard InChI is InChI=1S/C21H25NO3/c1-15-7-6-10-19(25-3)20(15)21(23)22-13-11-16(12-14-22)17-8-4-5-9-18(17)24-2/h4-10,16H,11-14H2,1-3H3. The van der Waals surface area contributed by atoms with Crippen LogP contribution in [0.25, 0.3) is 0 Å². The smallest absolute Gasteiger partial charge is 0.257 e. The molecule has 2 aromatic carbocycles. The maximum Gasteiger partial charge on any atom is 0.257 e. The summed E-state index contributed by atoms with van der Waals surface area (Å²) in [5.41, 5.74) is 2.88. The molecule has 0 aromatic heterocycles. The third-order valence-corrected chi connectivity index (χ3v) is 5.03. The summed E-state index contributed by atoms with van der Waals surface area (Å²) in [6.45, 7) is 3.45. The zero-order valence-electron chi connectivity index (χ0n) is 15.1. The lowest BCUT2D eigenvalue weighted by Gasteiger charge is -2.33. The van der Waals surface area contributed by atoms with Crippen LogP contribution in [0.5, 0.6) is 11.5 Å². The number of benzene rings is 2. The molecule has 2 aromatic rings. The van der Waals surface area contributed by atoms with Crippen molar-refractivity contribution in [3.63, 3.8) is 0 Å². The van der Waals surface area contributed by atoms with Gasteiger partial charge in [0.1, 0.15) is 11.5 Å². The molecule has 0 N–H and O–H groups in total. The van der Waals surface area contributed by atoms with Gasteiger partial charge in [0.05, 0.1) is 19.8 Å². The molecule has 0 atom stereocenters. The van der Waals surface area contributed by atoms with Gasteiger partial charge in [-0.3, -0.25) is 4.79 Å². The largest absolute Gasteiger partial charge is 0.496 e. The van der Waals surface area contributed by atoms with Crippen molar-refractivity contribution in [1.82, 2.24) is 4.90 Å². The number of amides is 1. The number of ether oxygens (including phenoxy) is 2. The van der Waals surface area contributed by atoms with Crippen LogP contribution in [0.1, 0.15) is 40.2 Å². The molecule has 4 heteroatoms. The zero-order chi connectivity index (χ0) is 17.8. The Hall–Kier alpha value is -2.49. The summed E-state index contributed by atoms with van der Waals surface area (Å²) in [4.78, 5) is 14.9. The normalized spacial score (nSPS) is 15.1. The number of rotatable bonds is 4. The van der Waals surface area contributed by atoms with E-state index in [1.807, 2.05) is 48.2 Å². The van der Waals surface area contributed by atoms with Crippen LogP contribution in [0.4, 0.5) is 0 Å². The van der Waals surface area contributed by atoms with Crippen LogP contribution in [0.2, 0.25) is 0 Å². The summed E-state index contributed by atoms with van der Waals surface area (Å²) in [6, 6.07) is 13.9. The minimum absolute atomic E-state index is 0.0634. The van der Waals surface area contributed by atoms with Crippen molar-refractivity contribution >= 4 is 5.91 Å². The van der Waals surface area contributed by atoms with Gasteiger partial charge in [-0.2, -0.15) is 0 Å². The van der Waals surface area contributed by atoms with Gasteiger partial charge in [0.2, 0.25) is 0 Å². The molecule has 1 aliphatic rings. The molecule has 0 saturated carbocycles. The molecule has 132 valence electrons. The lowest BCUT2D eigenvalue weighted by Crippen LogP contribution is -2.38. The fourth-order valence-electron chi connectivity index (χ4n) is 3.64. The van der Waals surface area contributed by atoms with Gasteiger partial charge in [0, 0.05) is 13.1 Å². The van der Waals surface area contributed by atoms with E-state index < -0.39 is 0 Å². The van der Waals surface area contributed by atoms with Crippen molar-refractivity contribution in [2.24, 2.45) is 0 Å². The highest BCUT2D eigenvalue weighted by atomic mass is 16.5. The fourth-order valence-corrected chi connectivity index (χ4v) is 3.64. The fraction of sp³-hybridized carbons (Fsp3) is 0.381. The lowest BCUT2D eigenvalue weighted by molar-refractivity contribution is 0.0708. The van der Waals surface area contributed by atoms with Gasteiger partial charge < -0.3 is 14.4 Å². The Morgan fingerprint density at radius 3 is 2.28 bits per heavy atom. The molecule has 0 aliphatic carbocycles. The van der Waals surface area contributed by atoms with E-state index in [1.165, 1.54) is 5.56 Å². The summed E-state index contributed by atoms with van der Waals surface area (Å²) in [5.74, 6) is 2.08. The maximum absolute atomic E-state index is 13.0. The predicted octanol–water partition coefficient (Wildman–Crippen LogP) is 4.03. The van der Waals surface area contributed by atoms with Gasteiger partial charge in [0.25, 0.3) is 5.91 Å². The molecular weight excluding hydrogens is 314 g/mol. The summed E-state index contributed by atoms with van der Waals surface area (Å²) in [5, 5.41) is 0. The number of aryl methyl sites for hydroxylation is 1. The van der Waals surface area contributed by atoms with E-state index in [4.69, 9.17) is 9.47 Å². The third-order valence-electron chi connectivity index (χ3n) is 5.03. The number of carbonyl (C=O) groups excluding carboxylic acids is 1. The van der Waals surface area contributed by atoms with Gasteiger partial charge in [-0.25, -0.2) is 0 Å². The minimum atomic E-state index is 0.0634. The number of nitrogens with zero attached hydrogens (tertiary/aromatic N) is 1. The topological polar surface area (TPSA) is 38.8 Å². The molecular formula is C21H25NO3. The molecule has 1 amide bonds. The molecule has 1 heterocycles. The van der Waals surface area contributed by atoms with E-state index >= 15 is 0 Å². The van der Waals surface area contributed by atoms with E-state index in [9.17, 15) is 4.79 Å². The van der Waals surface area contributed by atoms with Crippen molar-refractivity contribution in [3.8, 4) is 11.5 Å². The second-order valence-corrected chi connectivity index (χ2v) is 6.46. The Morgan fingerprint density at radius 1 is 0.960 bits per heavy atom. The first-order chi connectivity index (χ1) is 12.2. The quantitative estimate of drug-likeness (QED) is 0.844. The SMILES string of the molecule is COc1ccccc1C1CCN(C(=O)c2c(C)cccc2OC)CC1. The van der Waals surface area contributed by atoms with Crippen LogP contribution in [-0.2, 0) is 0 Å². The first kappa shape index (κ1) is 17.3. The van der Waals surface area contributed by atoms with E-state index in [-0.39, 0.29) is 5.91 Å². The molecule has 0 radical (unpaired) electrons. The average molecular weight is 339 g/mol. The summed E-state index contributed by atoms with van der Waals surface area (Å²) in [6.07, 6.45) is 1.89. The summed E-state index contributed by atoms with van der Waals surface area (Å²) < 4.78 is 10.9. The van der Waals surface area contributed by atoms with Gasteiger partial charge in [-0.1, -0.05) is 30.3 Å². The highest BCUT2D eigenvalue weighted by molar-refractivity contribution is 5.98. The van der Waals surface area contributed by atoms with E-state index in [2.05, 4.69) is 6.07 Å². The first-order valence-electron chi connectivity index (χ1n) is 8.71. The molecule has 0 unspecified atom stereocenters. The van der Waals surface area contributed by atoms with Crippen molar-refractivity contribution < 1.29 is 14.3 Å². The number of likely N-dealkylation sites (tertiary alicyclic amines) is 1. The Balaban J connectivity index is 1.74. The molecule has 25 heavy (non-hydrogen) atoms. The lowest BCUT2D eigenvalue weighted by atomic mass is 9.88. The van der Waals surface area contributed by atoms with Crippen molar-refractivity contribution in [3.05, 3.63) is 59.2 Å². The second kappa shape index (κ2) is 7.60. The van der Waals surface area contributed by atoms with Crippen LogP contribution in [-0.4, -0.2) is 38.1 Å². The molecule has 1 fully saturated rings. The van der Waals surface area contributed by atoms with Crippen LogP contribution in [0, 0.1) is 6.92 Å². The molecule has 3 rings (SSSR count). The van der Waals surface area contributed by atoms with E-state index in [0.29, 0.717) is 17.2 Å². The van der Waals surface area contributed by atoms with Crippen molar-refractivity contribution in [1.29, 1.82) is 0 Å².